The minimum Gasteiger partial charge on any atom is -0.382 e. The van der Waals surface area contributed by atoms with Crippen LogP contribution in [0.15, 0.2) is 23.3 Å². The van der Waals surface area contributed by atoms with Crippen LogP contribution in [0.5, 0.6) is 0 Å². The lowest BCUT2D eigenvalue weighted by Gasteiger charge is -2.16. The lowest BCUT2D eigenvalue weighted by molar-refractivity contribution is -0.105. The van der Waals surface area contributed by atoms with Gasteiger partial charge in [-0.3, -0.25) is 10.8 Å². The molecule has 0 heterocycles. The predicted octanol–water partition coefficient (Wildman–Crippen LogP) is 1.86. The van der Waals surface area contributed by atoms with Crippen molar-refractivity contribution in [3.8, 4) is 6.07 Å². The maximum atomic E-state index is 8.73. The van der Waals surface area contributed by atoms with E-state index >= 15 is 0 Å². The van der Waals surface area contributed by atoms with Gasteiger partial charge in [-0.15, -0.1) is 0 Å². The van der Waals surface area contributed by atoms with E-state index in [4.69, 9.17) is 37.5 Å². The van der Waals surface area contributed by atoms with Crippen LogP contribution in [-0.4, -0.2) is 25.8 Å². The van der Waals surface area contributed by atoms with E-state index in [1.165, 1.54) is 14.2 Å². The molecule has 0 bridgehead atoms. The highest BCUT2D eigenvalue weighted by Gasteiger charge is 2.13. The number of amidine groups is 1. The first-order valence-corrected chi connectivity index (χ1v) is 5.84. The fourth-order valence-corrected chi connectivity index (χ4v) is 1.62. The number of hydrogen-bond donors (Lipinski definition) is 3. The van der Waals surface area contributed by atoms with Crippen molar-refractivity contribution in [1.82, 2.24) is 0 Å². The number of benzene rings is 1. The van der Waals surface area contributed by atoms with E-state index in [2.05, 4.69) is 10.5 Å². The average Bonchev–Trinajstić information content (AvgIpc) is 2.43. The molecular weight excluding hydrogens is 282 g/mol. The second kappa shape index (κ2) is 7.45. The predicted molar refractivity (Wildman–Crippen MR) is 76.8 cm³/mol. The van der Waals surface area contributed by atoms with Gasteiger partial charge in [0.1, 0.15) is 6.07 Å². The highest BCUT2D eigenvalue weighted by atomic mass is 35.5. The second-order valence-electron chi connectivity index (χ2n) is 3.64. The fraction of sp³-hybridized carbons (Fsp3) is 0.250. The summed E-state index contributed by atoms with van der Waals surface area (Å²) in [5.74, 6) is -0.416. The molecule has 0 saturated heterocycles. The van der Waals surface area contributed by atoms with Crippen molar-refractivity contribution in [2.75, 3.05) is 19.6 Å². The molecule has 7 nitrogen and oxygen atoms in total. The molecule has 0 amide bonds. The number of methoxy groups -OCH3 is 2. The largest absolute Gasteiger partial charge is 0.382 e. The number of nitrogens with zero attached hydrogens (tertiary/aromatic N) is 2. The summed E-state index contributed by atoms with van der Waals surface area (Å²) in [6.45, 7) is 0. The molecule has 0 saturated carbocycles. The molecule has 4 N–H and O–H groups in total. The molecule has 0 fully saturated rings. The first kappa shape index (κ1) is 15.9. The maximum Gasteiger partial charge on any atom is 0.201 e. The van der Waals surface area contributed by atoms with Crippen molar-refractivity contribution in [3.05, 3.63) is 28.8 Å². The third kappa shape index (κ3) is 3.93. The number of nitrogens with one attached hydrogen (secondary N) is 2. The van der Waals surface area contributed by atoms with Gasteiger partial charge >= 0.3 is 0 Å². The summed E-state index contributed by atoms with van der Waals surface area (Å²) >= 11 is 6.06. The van der Waals surface area contributed by atoms with E-state index in [9.17, 15) is 0 Å². The normalized spacial score (nSPS) is 11.2. The molecule has 0 unspecified atom stereocenters. The van der Waals surface area contributed by atoms with Crippen LogP contribution in [0, 0.1) is 16.7 Å². The van der Waals surface area contributed by atoms with Gasteiger partial charge in [0.15, 0.2) is 12.1 Å². The van der Waals surface area contributed by atoms with Crippen LogP contribution in [0.1, 0.15) is 11.9 Å². The number of nitrogens with two attached hydrogens (primary N) is 1. The molecule has 0 spiro atoms. The Hall–Kier alpha value is -2.14. The van der Waals surface area contributed by atoms with Gasteiger partial charge in [0.25, 0.3) is 0 Å². The Kier molecular flexibility index (Phi) is 5.93. The lowest BCUT2D eigenvalue weighted by Crippen LogP contribution is -2.21. The Morgan fingerprint density at radius 1 is 1.50 bits per heavy atom. The van der Waals surface area contributed by atoms with E-state index in [-0.39, 0.29) is 5.71 Å². The fourth-order valence-electron chi connectivity index (χ4n) is 1.41. The molecule has 20 heavy (non-hydrogen) atoms. The zero-order valence-electron chi connectivity index (χ0n) is 11.0. The SMILES string of the molecule is COC(OC)c1cc(N/N=C(\C#N)C(=N)N)ccc1Cl. The zero-order chi connectivity index (χ0) is 15.1. The molecule has 0 aliphatic carbocycles. The first-order chi connectivity index (χ1) is 9.53. The molecule has 0 aliphatic rings. The molecule has 0 radical (unpaired) electrons. The Morgan fingerprint density at radius 3 is 2.65 bits per heavy atom. The molecule has 0 atom stereocenters. The summed E-state index contributed by atoms with van der Waals surface area (Å²) in [5, 5.41) is 20.1. The number of rotatable bonds is 6. The maximum absolute atomic E-state index is 8.73. The average molecular weight is 296 g/mol. The summed E-state index contributed by atoms with van der Waals surface area (Å²) in [4.78, 5) is 0. The van der Waals surface area contributed by atoms with Gasteiger partial charge in [0.05, 0.1) is 5.69 Å². The molecule has 106 valence electrons. The van der Waals surface area contributed by atoms with Crippen molar-refractivity contribution in [1.29, 1.82) is 10.7 Å². The van der Waals surface area contributed by atoms with Crippen molar-refractivity contribution in [2.45, 2.75) is 6.29 Å². The van der Waals surface area contributed by atoms with Gasteiger partial charge in [0.2, 0.25) is 5.71 Å². The number of nitriles is 1. The van der Waals surface area contributed by atoms with Crippen LogP contribution in [0.4, 0.5) is 5.69 Å². The van der Waals surface area contributed by atoms with Gasteiger partial charge in [-0.25, -0.2) is 0 Å². The Labute approximate surface area is 121 Å². The van der Waals surface area contributed by atoms with Crippen LogP contribution < -0.4 is 11.2 Å². The zero-order valence-corrected chi connectivity index (χ0v) is 11.7. The van der Waals surface area contributed by atoms with Gasteiger partial charge in [-0.2, -0.15) is 10.4 Å². The number of hydrazone groups is 1. The number of anilines is 1. The highest BCUT2D eigenvalue weighted by Crippen LogP contribution is 2.28. The minimum absolute atomic E-state index is 0.212. The van der Waals surface area contributed by atoms with Crippen molar-refractivity contribution in [2.24, 2.45) is 10.8 Å². The van der Waals surface area contributed by atoms with E-state index in [0.717, 1.165) is 0 Å². The standard InChI is InChI=1S/C12H14ClN5O2/c1-19-12(20-2)8-5-7(3-4-9(8)13)17-18-10(6-14)11(15)16/h3-5,12,17H,1-2H3,(H3,15,16)/b18-10+. The summed E-state index contributed by atoms with van der Waals surface area (Å²) in [6, 6.07) is 6.67. The molecule has 1 rings (SSSR count). The summed E-state index contributed by atoms with van der Waals surface area (Å²) < 4.78 is 10.3. The van der Waals surface area contributed by atoms with Crippen LogP contribution in [0.3, 0.4) is 0 Å². The molecule has 1 aromatic carbocycles. The second-order valence-corrected chi connectivity index (χ2v) is 4.04. The highest BCUT2D eigenvalue weighted by molar-refractivity contribution is 6.45. The molecule has 8 heteroatoms. The van der Waals surface area contributed by atoms with Crippen molar-refractivity contribution in [3.63, 3.8) is 0 Å². The smallest absolute Gasteiger partial charge is 0.201 e. The third-order valence-electron chi connectivity index (χ3n) is 2.34. The van der Waals surface area contributed by atoms with Crippen LogP contribution in [0.25, 0.3) is 0 Å². The van der Waals surface area contributed by atoms with Crippen LogP contribution >= 0.6 is 11.6 Å². The number of hydrogen-bond acceptors (Lipinski definition) is 6. The van der Waals surface area contributed by atoms with Gasteiger partial charge < -0.3 is 15.2 Å². The molecular formula is C12H14ClN5O2. The lowest BCUT2D eigenvalue weighted by atomic mass is 10.2. The van der Waals surface area contributed by atoms with E-state index in [0.29, 0.717) is 16.3 Å². The molecule has 1 aromatic rings. The van der Waals surface area contributed by atoms with Crippen molar-refractivity contribution >= 4 is 28.8 Å². The van der Waals surface area contributed by atoms with Crippen LogP contribution in [0.2, 0.25) is 5.02 Å². The number of ether oxygens (including phenoxy) is 2. The first-order valence-electron chi connectivity index (χ1n) is 5.46. The third-order valence-corrected chi connectivity index (χ3v) is 2.68. The Balaban J connectivity index is 3.02. The van der Waals surface area contributed by atoms with E-state index in [1.54, 1.807) is 24.3 Å². The quantitative estimate of drug-likeness (QED) is 0.320. The summed E-state index contributed by atoms with van der Waals surface area (Å²) in [5.41, 5.74) is 8.76. The monoisotopic (exact) mass is 295 g/mol. The topological polar surface area (TPSA) is 117 Å². The van der Waals surface area contributed by atoms with Gasteiger partial charge in [-0.1, -0.05) is 11.6 Å². The Bertz CT molecular complexity index is 563. The Morgan fingerprint density at radius 2 is 2.15 bits per heavy atom. The van der Waals surface area contributed by atoms with Crippen molar-refractivity contribution < 1.29 is 9.47 Å². The molecule has 0 aromatic heterocycles. The van der Waals surface area contributed by atoms with Crippen LogP contribution in [-0.2, 0) is 9.47 Å². The minimum atomic E-state index is -0.614. The summed E-state index contributed by atoms with van der Waals surface area (Å²) in [7, 11) is 2.98. The molecule has 0 aliphatic heterocycles. The number of halogens is 1. The summed E-state index contributed by atoms with van der Waals surface area (Å²) in [6.07, 6.45) is -0.614. The van der Waals surface area contributed by atoms with E-state index < -0.39 is 12.1 Å². The van der Waals surface area contributed by atoms with Gasteiger partial charge in [0, 0.05) is 24.8 Å². The van der Waals surface area contributed by atoms with Gasteiger partial charge in [-0.05, 0) is 18.2 Å². The van der Waals surface area contributed by atoms with E-state index in [1.807, 2.05) is 0 Å².